The predicted octanol–water partition coefficient (Wildman–Crippen LogP) is 2.32. The zero-order valence-electron chi connectivity index (χ0n) is 14.8. The normalized spacial score (nSPS) is 10.1. The Kier molecular flexibility index (Phi) is 6.74. The zero-order chi connectivity index (χ0) is 19.1. The number of hydrogen-bond acceptors (Lipinski definition) is 6. The summed E-state index contributed by atoms with van der Waals surface area (Å²) in [6.07, 6.45) is 0. The SMILES string of the molecule is COc1cccc(NC(=O)CN(C)C(=O)COC(=O)c2ccc(C)s2)c1. The molecule has 7 nitrogen and oxygen atoms in total. The van der Waals surface area contributed by atoms with E-state index in [0.717, 1.165) is 4.88 Å². The Labute approximate surface area is 155 Å². The maximum absolute atomic E-state index is 12.0. The fourth-order valence-electron chi connectivity index (χ4n) is 2.06. The molecule has 2 rings (SSSR count). The first-order valence-corrected chi connectivity index (χ1v) is 8.62. The maximum Gasteiger partial charge on any atom is 0.348 e. The highest BCUT2D eigenvalue weighted by Crippen LogP contribution is 2.17. The van der Waals surface area contributed by atoms with Gasteiger partial charge >= 0.3 is 5.97 Å². The van der Waals surface area contributed by atoms with E-state index >= 15 is 0 Å². The van der Waals surface area contributed by atoms with Crippen molar-refractivity contribution in [1.29, 1.82) is 0 Å². The smallest absolute Gasteiger partial charge is 0.348 e. The Bertz CT molecular complexity index is 802. The van der Waals surface area contributed by atoms with Gasteiger partial charge in [0.15, 0.2) is 6.61 Å². The van der Waals surface area contributed by atoms with E-state index < -0.39 is 18.5 Å². The van der Waals surface area contributed by atoms with Crippen molar-refractivity contribution in [3.05, 3.63) is 46.2 Å². The average molecular weight is 376 g/mol. The Balaban J connectivity index is 1.80. The summed E-state index contributed by atoms with van der Waals surface area (Å²) in [7, 11) is 3.00. The van der Waals surface area contributed by atoms with Gasteiger partial charge in [0, 0.05) is 23.7 Å². The molecule has 1 aromatic carbocycles. The van der Waals surface area contributed by atoms with Crippen molar-refractivity contribution >= 4 is 34.8 Å². The van der Waals surface area contributed by atoms with Gasteiger partial charge in [-0.3, -0.25) is 9.59 Å². The molecule has 0 saturated heterocycles. The highest BCUT2D eigenvalue weighted by molar-refractivity contribution is 7.13. The summed E-state index contributed by atoms with van der Waals surface area (Å²) in [5.74, 6) is -0.768. The van der Waals surface area contributed by atoms with Crippen molar-refractivity contribution in [3.63, 3.8) is 0 Å². The van der Waals surface area contributed by atoms with Gasteiger partial charge < -0.3 is 19.7 Å². The van der Waals surface area contributed by atoms with Gasteiger partial charge in [0.1, 0.15) is 10.6 Å². The number of nitrogens with zero attached hydrogens (tertiary/aromatic N) is 1. The third-order valence-corrected chi connectivity index (χ3v) is 4.41. The second-order valence-corrected chi connectivity index (χ2v) is 6.80. The number of methoxy groups -OCH3 is 1. The molecule has 1 aromatic heterocycles. The van der Waals surface area contributed by atoms with E-state index in [4.69, 9.17) is 9.47 Å². The molecule has 0 fully saturated rings. The minimum Gasteiger partial charge on any atom is -0.497 e. The Morgan fingerprint density at radius 3 is 2.62 bits per heavy atom. The van der Waals surface area contributed by atoms with Gasteiger partial charge in [0.25, 0.3) is 5.91 Å². The molecule has 0 spiro atoms. The van der Waals surface area contributed by atoms with Crippen LogP contribution < -0.4 is 10.1 Å². The number of amides is 2. The minimum absolute atomic E-state index is 0.161. The number of nitrogens with one attached hydrogen (secondary N) is 1. The molecule has 0 saturated carbocycles. The van der Waals surface area contributed by atoms with E-state index in [1.807, 2.05) is 6.92 Å². The Hall–Kier alpha value is -2.87. The van der Waals surface area contributed by atoms with E-state index in [1.54, 1.807) is 36.4 Å². The second kappa shape index (κ2) is 9.00. The van der Waals surface area contributed by atoms with Crippen LogP contribution in [0.1, 0.15) is 14.5 Å². The quantitative estimate of drug-likeness (QED) is 0.750. The number of anilines is 1. The first kappa shape index (κ1) is 19.5. The van der Waals surface area contributed by atoms with Crippen molar-refractivity contribution in [1.82, 2.24) is 4.90 Å². The van der Waals surface area contributed by atoms with Gasteiger partial charge in [-0.1, -0.05) is 6.07 Å². The molecule has 2 aromatic rings. The number of thiophene rings is 1. The fraction of sp³-hybridized carbons (Fsp3) is 0.278. The number of hydrogen-bond donors (Lipinski definition) is 1. The molecule has 0 aliphatic rings. The number of carbonyl (C=O) groups excluding carboxylic acids is 3. The molecule has 0 unspecified atom stereocenters. The number of esters is 1. The van der Waals surface area contributed by atoms with Gasteiger partial charge in [-0.15, -0.1) is 11.3 Å². The van der Waals surface area contributed by atoms with Crippen LogP contribution in [0.4, 0.5) is 5.69 Å². The molecular weight excluding hydrogens is 356 g/mol. The summed E-state index contributed by atoms with van der Waals surface area (Å²) in [6, 6.07) is 10.3. The number of likely N-dealkylation sites (N-methyl/N-ethyl adjacent to an activating group) is 1. The second-order valence-electron chi connectivity index (χ2n) is 5.52. The van der Waals surface area contributed by atoms with Crippen LogP contribution in [-0.2, 0) is 14.3 Å². The predicted molar refractivity (Wildman–Crippen MR) is 98.6 cm³/mol. The van der Waals surface area contributed by atoms with E-state index in [1.165, 1.54) is 30.4 Å². The lowest BCUT2D eigenvalue weighted by Crippen LogP contribution is -2.37. The van der Waals surface area contributed by atoms with Crippen molar-refractivity contribution in [2.24, 2.45) is 0 Å². The lowest BCUT2D eigenvalue weighted by atomic mass is 10.3. The fourth-order valence-corrected chi connectivity index (χ4v) is 2.82. The van der Waals surface area contributed by atoms with Crippen LogP contribution in [0, 0.1) is 6.92 Å². The number of rotatable bonds is 7. The highest BCUT2D eigenvalue weighted by atomic mass is 32.1. The summed E-state index contributed by atoms with van der Waals surface area (Å²) >= 11 is 1.30. The molecule has 0 atom stereocenters. The van der Waals surface area contributed by atoms with E-state index in [-0.39, 0.29) is 12.5 Å². The molecule has 0 aliphatic carbocycles. The monoisotopic (exact) mass is 376 g/mol. The molecule has 2 amide bonds. The maximum atomic E-state index is 12.0. The van der Waals surface area contributed by atoms with E-state index in [0.29, 0.717) is 16.3 Å². The van der Waals surface area contributed by atoms with Crippen molar-refractivity contribution in [2.45, 2.75) is 6.92 Å². The molecule has 8 heteroatoms. The van der Waals surface area contributed by atoms with E-state index in [9.17, 15) is 14.4 Å². The minimum atomic E-state index is -0.550. The third-order valence-electron chi connectivity index (χ3n) is 3.43. The summed E-state index contributed by atoms with van der Waals surface area (Å²) in [5, 5.41) is 2.68. The van der Waals surface area contributed by atoms with Crippen LogP contribution in [0.15, 0.2) is 36.4 Å². The molecular formula is C18H20N2O5S. The van der Waals surface area contributed by atoms with Crippen LogP contribution in [0.2, 0.25) is 0 Å². The summed E-state index contributed by atoms with van der Waals surface area (Å²) in [6.45, 7) is 1.30. The summed E-state index contributed by atoms with van der Waals surface area (Å²) < 4.78 is 10.1. The lowest BCUT2D eigenvalue weighted by molar-refractivity contribution is -0.136. The van der Waals surface area contributed by atoms with Crippen molar-refractivity contribution in [2.75, 3.05) is 32.6 Å². The first-order valence-electron chi connectivity index (χ1n) is 7.80. The molecule has 0 aliphatic heterocycles. The van der Waals surface area contributed by atoms with Gasteiger partial charge in [-0.05, 0) is 31.2 Å². The standard InChI is InChI=1S/C18H20N2O5S/c1-12-7-8-15(26-12)18(23)25-11-17(22)20(2)10-16(21)19-13-5-4-6-14(9-13)24-3/h4-9H,10-11H2,1-3H3,(H,19,21). The number of ether oxygens (including phenoxy) is 2. The largest absolute Gasteiger partial charge is 0.497 e. The lowest BCUT2D eigenvalue weighted by Gasteiger charge is -2.16. The Morgan fingerprint density at radius 1 is 1.19 bits per heavy atom. The topological polar surface area (TPSA) is 84.9 Å². The molecule has 1 heterocycles. The van der Waals surface area contributed by atoms with Crippen LogP contribution in [0.5, 0.6) is 5.75 Å². The number of carbonyl (C=O) groups is 3. The summed E-state index contributed by atoms with van der Waals surface area (Å²) in [4.78, 5) is 38.5. The molecule has 26 heavy (non-hydrogen) atoms. The van der Waals surface area contributed by atoms with Crippen LogP contribution in [0.25, 0.3) is 0 Å². The first-order chi connectivity index (χ1) is 12.4. The van der Waals surface area contributed by atoms with Crippen LogP contribution in [-0.4, -0.2) is 50.0 Å². The van der Waals surface area contributed by atoms with Crippen LogP contribution in [0.3, 0.4) is 0 Å². The average Bonchev–Trinajstić information content (AvgIpc) is 3.05. The third kappa shape index (κ3) is 5.59. The number of benzene rings is 1. The van der Waals surface area contributed by atoms with Gasteiger partial charge in [-0.25, -0.2) is 4.79 Å². The number of aryl methyl sites for hydroxylation is 1. The van der Waals surface area contributed by atoms with Gasteiger partial charge in [0.2, 0.25) is 5.91 Å². The van der Waals surface area contributed by atoms with E-state index in [2.05, 4.69) is 5.32 Å². The molecule has 0 radical (unpaired) electrons. The molecule has 0 bridgehead atoms. The Morgan fingerprint density at radius 2 is 1.96 bits per heavy atom. The van der Waals surface area contributed by atoms with Gasteiger partial charge in [0.05, 0.1) is 13.7 Å². The zero-order valence-corrected chi connectivity index (χ0v) is 15.6. The highest BCUT2D eigenvalue weighted by Gasteiger charge is 2.17. The molecule has 138 valence electrons. The summed E-state index contributed by atoms with van der Waals surface area (Å²) in [5.41, 5.74) is 0.565. The van der Waals surface area contributed by atoms with Crippen molar-refractivity contribution < 1.29 is 23.9 Å². The molecule has 1 N–H and O–H groups in total. The van der Waals surface area contributed by atoms with Gasteiger partial charge in [-0.2, -0.15) is 0 Å². The van der Waals surface area contributed by atoms with Crippen LogP contribution >= 0.6 is 11.3 Å². The van der Waals surface area contributed by atoms with Crippen molar-refractivity contribution in [3.8, 4) is 5.75 Å².